The Kier molecular flexibility index (Phi) is 5.02. The summed E-state index contributed by atoms with van der Waals surface area (Å²) in [7, 11) is 0. The van der Waals surface area contributed by atoms with Crippen molar-refractivity contribution in [2.75, 3.05) is 11.9 Å². The molecule has 1 N–H and O–H groups in total. The predicted molar refractivity (Wildman–Crippen MR) is 65.6 cm³/mol. The van der Waals surface area contributed by atoms with Crippen LogP contribution in [0.2, 0.25) is 0 Å². The molecule has 0 aromatic carbocycles. The summed E-state index contributed by atoms with van der Waals surface area (Å²) in [5, 5.41) is 2.42. The van der Waals surface area contributed by atoms with E-state index in [-0.39, 0.29) is 11.4 Å². The Labute approximate surface area is 109 Å². The van der Waals surface area contributed by atoms with E-state index < -0.39 is 24.7 Å². The maximum absolute atomic E-state index is 12.1. The number of amides is 1. The summed E-state index contributed by atoms with van der Waals surface area (Å²) in [5.74, 6) is 0.0636. The van der Waals surface area contributed by atoms with Crippen molar-refractivity contribution in [3.05, 3.63) is 18.5 Å². The number of halogens is 2. The van der Waals surface area contributed by atoms with Gasteiger partial charge in [-0.1, -0.05) is 0 Å². The Hall–Kier alpha value is -1.92. The molecule has 0 saturated carbocycles. The number of carbonyl (C=O) groups is 1. The van der Waals surface area contributed by atoms with Crippen LogP contribution < -0.4 is 10.1 Å². The monoisotopic (exact) mass is 274 g/mol. The van der Waals surface area contributed by atoms with Crippen molar-refractivity contribution in [1.82, 2.24) is 4.98 Å². The largest absolute Gasteiger partial charge is 0.484 e. The molecule has 7 heteroatoms. The summed E-state index contributed by atoms with van der Waals surface area (Å²) in [4.78, 5) is 15.3. The van der Waals surface area contributed by atoms with Gasteiger partial charge in [0.15, 0.2) is 5.75 Å². The van der Waals surface area contributed by atoms with Gasteiger partial charge < -0.3 is 9.47 Å². The Bertz CT molecular complexity index is 433. The van der Waals surface area contributed by atoms with E-state index in [0.29, 0.717) is 0 Å². The van der Waals surface area contributed by atoms with E-state index in [9.17, 15) is 13.6 Å². The quantitative estimate of drug-likeness (QED) is 0.916. The Morgan fingerprint density at radius 3 is 2.74 bits per heavy atom. The third-order valence-corrected chi connectivity index (χ3v) is 1.78. The molecule has 0 fully saturated rings. The van der Waals surface area contributed by atoms with E-state index in [1.807, 2.05) is 0 Å². The van der Waals surface area contributed by atoms with Gasteiger partial charge >= 0.3 is 6.09 Å². The van der Waals surface area contributed by atoms with Crippen molar-refractivity contribution in [2.24, 2.45) is 0 Å². The molecule has 0 aliphatic carbocycles. The average Bonchev–Trinajstić information content (AvgIpc) is 2.25. The van der Waals surface area contributed by atoms with Gasteiger partial charge in [-0.15, -0.1) is 0 Å². The van der Waals surface area contributed by atoms with Crippen molar-refractivity contribution in [1.29, 1.82) is 0 Å². The fraction of sp³-hybridized carbons (Fsp3) is 0.500. The first-order valence-corrected chi connectivity index (χ1v) is 5.63. The highest BCUT2D eigenvalue weighted by molar-refractivity contribution is 5.86. The lowest BCUT2D eigenvalue weighted by Crippen LogP contribution is -2.27. The molecule has 0 unspecified atom stereocenters. The molecule has 0 bridgehead atoms. The Balaban J connectivity index is 2.69. The van der Waals surface area contributed by atoms with Crippen LogP contribution in [0.1, 0.15) is 20.8 Å². The van der Waals surface area contributed by atoms with Crippen LogP contribution in [0.15, 0.2) is 18.5 Å². The molecule has 19 heavy (non-hydrogen) atoms. The number of anilines is 1. The van der Waals surface area contributed by atoms with Gasteiger partial charge in [0.2, 0.25) is 0 Å². The van der Waals surface area contributed by atoms with E-state index in [1.54, 1.807) is 20.8 Å². The molecule has 1 rings (SSSR count). The maximum atomic E-state index is 12.1. The highest BCUT2D eigenvalue weighted by Crippen LogP contribution is 2.23. The third-order valence-electron chi connectivity index (χ3n) is 1.78. The van der Waals surface area contributed by atoms with E-state index in [4.69, 9.17) is 9.47 Å². The highest BCUT2D eigenvalue weighted by Gasteiger charge is 2.17. The first-order valence-electron chi connectivity index (χ1n) is 5.63. The SMILES string of the molecule is CC(C)(C)OC(=O)Nc1ccncc1OCC(F)F. The second kappa shape index (κ2) is 6.31. The summed E-state index contributed by atoms with van der Waals surface area (Å²) < 4.78 is 34.1. The zero-order valence-electron chi connectivity index (χ0n) is 10.9. The number of hydrogen-bond donors (Lipinski definition) is 1. The van der Waals surface area contributed by atoms with Crippen LogP contribution in [-0.4, -0.2) is 29.7 Å². The molecule has 1 heterocycles. The van der Waals surface area contributed by atoms with Gasteiger partial charge in [0.25, 0.3) is 6.43 Å². The summed E-state index contributed by atoms with van der Waals surface area (Å²) in [6.07, 6.45) is -0.646. The normalized spacial score (nSPS) is 11.3. The molecule has 0 saturated heterocycles. The zero-order chi connectivity index (χ0) is 14.5. The highest BCUT2D eigenvalue weighted by atomic mass is 19.3. The minimum atomic E-state index is -2.60. The molecular weight excluding hydrogens is 258 g/mol. The Morgan fingerprint density at radius 1 is 1.47 bits per heavy atom. The summed E-state index contributed by atoms with van der Waals surface area (Å²) in [6, 6.07) is 1.44. The van der Waals surface area contributed by atoms with E-state index >= 15 is 0 Å². The van der Waals surface area contributed by atoms with Crippen LogP contribution in [0.5, 0.6) is 5.75 Å². The number of nitrogens with zero attached hydrogens (tertiary/aromatic N) is 1. The van der Waals surface area contributed by atoms with Gasteiger partial charge in [-0.05, 0) is 26.8 Å². The van der Waals surface area contributed by atoms with Crippen molar-refractivity contribution in [2.45, 2.75) is 32.8 Å². The maximum Gasteiger partial charge on any atom is 0.412 e. The number of carbonyl (C=O) groups excluding carboxylic acids is 1. The molecule has 0 aliphatic heterocycles. The molecule has 0 aliphatic rings. The van der Waals surface area contributed by atoms with Crippen LogP contribution >= 0.6 is 0 Å². The summed E-state index contributed by atoms with van der Waals surface area (Å²) >= 11 is 0. The van der Waals surface area contributed by atoms with E-state index in [0.717, 1.165) is 0 Å². The molecule has 0 spiro atoms. The molecule has 0 atom stereocenters. The van der Waals surface area contributed by atoms with Gasteiger partial charge in [0.05, 0.1) is 11.9 Å². The molecular formula is C12H16F2N2O3. The smallest absolute Gasteiger partial charge is 0.412 e. The molecule has 5 nitrogen and oxygen atoms in total. The molecule has 1 amide bonds. The number of nitrogens with one attached hydrogen (secondary N) is 1. The lowest BCUT2D eigenvalue weighted by atomic mass is 10.2. The fourth-order valence-electron chi connectivity index (χ4n) is 1.16. The minimum absolute atomic E-state index is 0.0636. The number of rotatable bonds is 4. The number of alkyl halides is 2. The van der Waals surface area contributed by atoms with Crippen molar-refractivity contribution in [3.8, 4) is 5.75 Å². The van der Waals surface area contributed by atoms with Crippen LogP contribution in [0, 0.1) is 0 Å². The lowest BCUT2D eigenvalue weighted by molar-refractivity contribution is 0.0634. The number of hydrogen-bond acceptors (Lipinski definition) is 4. The van der Waals surface area contributed by atoms with E-state index in [2.05, 4.69) is 10.3 Å². The minimum Gasteiger partial charge on any atom is -0.484 e. The number of pyridine rings is 1. The van der Waals surface area contributed by atoms with Gasteiger partial charge in [0, 0.05) is 6.20 Å². The van der Waals surface area contributed by atoms with Gasteiger partial charge in [-0.3, -0.25) is 10.3 Å². The van der Waals surface area contributed by atoms with Crippen LogP contribution in [-0.2, 0) is 4.74 Å². The topological polar surface area (TPSA) is 60.5 Å². The fourth-order valence-corrected chi connectivity index (χ4v) is 1.16. The second-order valence-electron chi connectivity index (χ2n) is 4.70. The first kappa shape index (κ1) is 15.1. The number of ether oxygens (including phenoxy) is 2. The average molecular weight is 274 g/mol. The molecule has 106 valence electrons. The van der Waals surface area contributed by atoms with Crippen LogP contribution in [0.3, 0.4) is 0 Å². The zero-order valence-corrected chi connectivity index (χ0v) is 10.9. The molecule has 1 aromatic rings. The van der Waals surface area contributed by atoms with Crippen LogP contribution in [0.25, 0.3) is 0 Å². The van der Waals surface area contributed by atoms with E-state index in [1.165, 1.54) is 18.5 Å². The molecule has 0 radical (unpaired) electrons. The first-order chi connectivity index (χ1) is 8.78. The standard InChI is InChI=1S/C12H16F2N2O3/c1-12(2,3)19-11(17)16-8-4-5-15-6-9(8)18-7-10(13)14/h4-6,10H,7H2,1-3H3,(H,15,16,17). The number of aromatic nitrogens is 1. The van der Waals surface area contributed by atoms with Crippen molar-refractivity contribution in [3.63, 3.8) is 0 Å². The van der Waals surface area contributed by atoms with Crippen molar-refractivity contribution >= 4 is 11.8 Å². The summed E-state index contributed by atoms with van der Waals surface area (Å²) in [6.45, 7) is 4.38. The van der Waals surface area contributed by atoms with Crippen LogP contribution in [0.4, 0.5) is 19.3 Å². The van der Waals surface area contributed by atoms with Gasteiger partial charge in [-0.25, -0.2) is 13.6 Å². The van der Waals surface area contributed by atoms with Gasteiger partial charge in [0.1, 0.15) is 12.2 Å². The lowest BCUT2D eigenvalue weighted by Gasteiger charge is -2.20. The third kappa shape index (κ3) is 5.98. The summed E-state index contributed by atoms with van der Waals surface area (Å²) in [5.41, 5.74) is -0.425. The molecule has 1 aromatic heterocycles. The Morgan fingerprint density at radius 2 is 2.16 bits per heavy atom. The van der Waals surface area contributed by atoms with Crippen molar-refractivity contribution < 1.29 is 23.0 Å². The predicted octanol–water partition coefficient (Wildman–Crippen LogP) is 3.07. The second-order valence-corrected chi connectivity index (χ2v) is 4.70. The van der Waals surface area contributed by atoms with Gasteiger partial charge in [-0.2, -0.15) is 0 Å².